The molecule has 0 amide bonds. The van der Waals surface area contributed by atoms with E-state index in [9.17, 15) is 0 Å². The largest absolute Gasteiger partial charge is 0.399 e. The summed E-state index contributed by atoms with van der Waals surface area (Å²) in [5.74, 6) is 0. The number of nitrogens with two attached hydrogens (primary N) is 1. The van der Waals surface area contributed by atoms with E-state index in [4.69, 9.17) is 5.73 Å². The fourth-order valence-electron chi connectivity index (χ4n) is 1.73. The lowest BCUT2D eigenvalue weighted by atomic mass is 10.1. The molecule has 0 radical (unpaired) electrons. The smallest absolute Gasteiger partial charge is 0.0362 e. The number of thiophene rings is 1. The van der Waals surface area contributed by atoms with Crippen LogP contribution < -0.4 is 11.1 Å². The first kappa shape index (κ1) is 11.0. The normalized spacial score (nSPS) is 12.3. The van der Waals surface area contributed by atoms with Crippen LogP contribution in [0.25, 0.3) is 0 Å². The molecule has 0 fully saturated rings. The Hall–Kier alpha value is -1.48. The lowest BCUT2D eigenvalue weighted by Crippen LogP contribution is -2.17. The molecule has 2 aromatic rings. The molecule has 0 saturated heterocycles. The highest BCUT2D eigenvalue weighted by atomic mass is 32.1. The molecule has 2 rings (SSSR count). The topological polar surface area (TPSA) is 38.0 Å². The molecule has 0 spiro atoms. The van der Waals surface area contributed by atoms with Crippen LogP contribution in [0, 0.1) is 0 Å². The Balaban J connectivity index is 1.94. The molecule has 3 N–H and O–H groups in total. The fourth-order valence-corrected chi connectivity index (χ4v) is 2.41. The zero-order valence-electron chi connectivity index (χ0n) is 9.31. The average molecular weight is 232 g/mol. The molecule has 0 aliphatic heterocycles. The highest BCUT2D eigenvalue weighted by Gasteiger charge is 2.03. The van der Waals surface area contributed by atoms with Gasteiger partial charge in [0.05, 0.1) is 0 Å². The summed E-state index contributed by atoms with van der Waals surface area (Å²) >= 11 is 1.74. The molecule has 84 valence electrons. The van der Waals surface area contributed by atoms with Crippen LogP contribution in [0.15, 0.2) is 41.1 Å². The predicted molar refractivity (Wildman–Crippen MR) is 72.0 cm³/mol. The van der Waals surface area contributed by atoms with E-state index in [1.807, 2.05) is 24.3 Å². The second kappa shape index (κ2) is 5.03. The van der Waals surface area contributed by atoms with Crippen LogP contribution >= 0.6 is 11.3 Å². The number of rotatable bonds is 4. The molecule has 1 heterocycles. The second-order valence-electron chi connectivity index (χ2n) is 4.01. The minimum atomic E-state index is 0.413. The minimum Gasteiger partial charge on any atom is -0.399 e. The molecular formula is C13H16N2S. The fraction of sp³-hybridized carbons (Fsp3) is 0.231. The van der Waals surface area contributed by atoms with Crippen molar-refractivity contribution in [1.82, 2.24) is 0 Å². The Morgan fingerprint density at radius 3 is 2.94 bits per heavy atom. The Morgan fingerprint density at radius 1 is 1.38 bits per heavy atom. The summed E-state index contributed by atoms with van der Waals surface area (Å²) in [7, 11) is 0. The Bertz CT molecular complexity index is 437. The maximum absolute atomic E-state index is 5.73. The van der Waals surface area contributed by atoms with Gasteiger partial charge in [0, 0.05) is 17.4 Å². The predicted octanol–water partition coefficient (Wildman–Crippen LogP) is 3.37. The van der Waals surface area contributed by atoms with Crippen LogP contribution in [0.3, 0.4) is 0 Å². The van der Waals surface area contributed by atoms with E-state index in [1.54, 1.807) is 11.3 Å². The molecule has 0 saturated carbocycles. The van der Waals surface area contributed by atoms with Gasteiger partial charge in [-0.3, -0.25) is 0 Å². The van der Waals surface area contributed by atoms with Crippen molar-refractivity contribution in [3.05, 3.63) is 46.7 Å². The summed E-state index contributed by atoms with van der Waals surface area (Å²) in [5.41, 5.74) is 9.00. The van der Waals surface area contributed by atoms with Crippen molar-refractivity contribution in [2.45, 2.75) is 19.4 Å². The number of hydrogen-bond acceptors (Lipinski definition) is 3. The zero-order chi connectivity index (χ0) is 11.4. The summed E-state index contributed by atoms with van der Waals surface area (Å²) in [6.07, 6.45) is 1.04. The van der Waals surface area contributed by atoms with E-state index in [1.165, 1.54) is 5.56 Å². The van der Waals surface area contributed by atoms with Gasteiger partial charge in [-0.25, -0.2) is 0 Å². The molecule has 0 aliphatic rings. The van der Waals surface area contributed by atoms with Crippen LogP contribution in [0.4, 0.5) is 11.4 Å². The summed E-state index contributed by atoms with van der Waals surface area (Å²) in [4.78, 5) is 0. The van der Waals surface area contributed by atoms with Crippen molar-refractivity contribution < 1.29 is 0 Å². The summed E-state index contributed by atoms with van der Waals surface area (Å²) in [5, 5.41) is 7.75. The van der Waals surface area contributed by atoms with E-state index < -0.39 is 0 Å². The zero-order valence-corrected chi connectivity index (χ0v) is 10.1. The number of nitrogen functional groups attached to an aromatic ring is 1. The number of hydrogen-bond donors (Lipinski definition) is 2. The summed E-state index contributed by atoms with van der Waals surface area (Å²) in [6.45, 7) is 2.18. The van der Waals surface area contributed by atoms with Gasteiger partial charge >= 0.3 is 0 Å². The molecule has 0 aliphatic carbocycles. The first-order valence-corrected chi connectivity index (χ1v) is 6.31. The van der Waals surface area contributed by atoms with Crippen LogP contribution in [0.5, 0.6) is 0 Å². The lowest BCUT2D eigenvalue weighted by Gasteiger charge is -2.14. The molecule has 1 aromatic carbocycles. The Morgan fingerprint density at radius 2 is 2.25 bits per heavy atom. The quantitative estimate of drug-likeness (QED) is 0.793. The van der Waals surface area contributed by atoms with Gasteiger partial charge in [-0.05, 0) is 53.9 Å². The number of nitrogens with one attached hydrogen (secondary N) is 1. The molecule has 2 nitrogen and oxygen atoms in total. The minimum absolute atomic E-state index is 0.413. The Labute approximate surface area is 100 Å². The van der Waals surface area contributed by atoms with Crippen molar-refractivity contribution in [2.75, 3.05) is 11.1 Å². The molecular weight excluding hydrogens is 216 g/mol. The van der Waals surface area contributed by atoms with Gasteiger partial charge < -0.3 is 11.1 Å². The van der Waals surface area contributed by atoms with E-state index in [-0.39, 0.29) is 0 Å². The first-order valence-electron chi connectivity index (χ1n) is 5.37. The van der Waals surface area contributed by atoms with Crippen LogP contribution in [-0.2, 0) is 6.42 Å². The van der Waals surface area contributed by atoms with Gasteiger partial charge in [0.25, 0.3) is 0 Å². The summed E-state index contributed by atoms with van der Waals surface area (Å²) in [6, 6.07) is 10.5. The molecule has 1 unspecified atom stereocenters. The van der Waals surface area contributed by atoms with Crippen molar-refractivity contribution in [3.63, 3.8) is 0 Å². The van der Waals surface area contributed by atoms with E-state index in [0.29, 0.717) is 6.04 Å². The van der Waals surface area contributed by atoms with Gasteiger partial charge in [-0.15, -0.1) is 0 Å². The number of anilines is 2. The van der Waals surface area contributed by atoms with Crippen LogP contribution in [0.2, 0.25) is 0 Å². The van der Waals surface area contributed by atoms with Gasteiger partial charge in [0.1, 0.15) is 0 Å². The van der Waals surface area contributed by atoms with Gasteiger partial charge in [0.2, 0.25) is 0 Å². The summed E-state index contributed by atoms with van der Waals surface area (Å²) < 4.78 is 0. The highest BCUT2D eigenvalue weighted by molar-refractivity contribution is 7.07. The van der Waals surface area contributed by atoms with Crippen molar-refractivity contribution in [1.29, 1.82) is 0 Å². The van der Waals surface area contributed by atoms with Crippen molar-refractivity contribution in [2.24, 2.45) is 0 Å². The van der Waals surface area contributed by atoms with Crippen LogP contribution in [0.1, 0.15) is 12.5 Å². The lowest BCUT2D eigenvalue weighted by molar-refractivity contribution is 0.793. The average Bonchev–Trinajstić information content (AvgIpc) is 2.70. The molecule has 3 heteroatoms. The van der Waals surface area contributed by atoms with Gasteiger partial charge in [-0.1, -0.05) is 6.07 Å². The van der Waals surface area contributed by atoms with E-state index in [2.05, 4.69) is 29.1 Å². The monoisotopic (exact) mass is 232 g/mol. The molecule has 16 heavy (non-hydrogen) atoms. The standard InChI is InChI=1S/C13H16N2S/c1-10(7-11-5-6-16-9-11)15-13-4-2-3-12(14)8-13/h2-6,8-10,15H,7,14H2,1H3. The van der Waals surface area contributed by atoms with Crippen LogP contribution in [-0.4, -0.2) is 6.04 Å². The third-order valence-corrected chi connectivity index (χ3v) is 3.15. The number of benzene rings is 1. The SMILES string of the molecule is CC(Cc1ccsc1)Nc1cccc(N)c1. The maximum atomic E-state index is 5.73. The first-order chi connectivity index (χ1) is 7.74. The van der Waals surface area contributed by atoms with Gasteiger partial charge in [0.15, 0.2) is 0 Å². The highest BCUT2D eigenvalue weighted by Crippen LogP contribution is 2.15. The third kappa shape index (κ3) is 3.00. The molecule has 1 aromatic heterocycles. The third-order valence-electron chi connectivity index (χ3n) is 2.42. The van der Waals surface area contributed by atoms with Gasteiger partial charge in [-0.2, -0.15) is 11.3 Å². The van der Waals surface area contributed by atoms with Crippen molar-refractivity contribution in [3.8, 4) is 0 Å². The second-order valence-corrected chi connectivity index (χ2v) is 4.79. The molecule has 0 bridgehead atoms. The van der Waals surface area contributed by atoms with E-state index in [0.717, 1.165) is 17.8 Å². The van der Waals surface area contributed by atoms with E-state index >= 15 is 0 Å². The maximum Gasteiger partial charge on any atom is 0.0362 e. The van der Waals surface area contributed by atoms with Crippen molar-refractivity contribution >= 4 is 22.7 Å². The Kier molecular flexibility index (Phi) is 3.47. The molecule has 1 atom stereocenters.